The summed E-state index contributed by atoms with van der Waals surface area (Å²) < 4.78 is 6.29. The maximum atomic E-state index is 13.6. The minimum absolute atomic E-state index is 0.0473. The number of nitrogens with one attached hydrogen (secondary N) is 1. The van der Waals surface area contributed by atoms with Crippen molar-refractivity contribution in [1.29, 1.82) is 0 Å². The number of nitrogens with zero attached hydrogens (tertiary/aromatic N) is 5. The number of amides is 1. The van der Waals surface area contributed by atoms with E-state index < -0.39 is 0 Å². The number of anilines is 3. The van der Waals surface area contributed by atoms with E-state index in [0.29, 0.717) is 18.1 Å². The van der Waals surface area contributed by atoms with Gasteiger partial charge >= 0.3 is 0 Å². The van der Waals surface area contributed by atoms with Crippen LogP contribution in [0.15, 0.2) is 30.5 Å². The molecular weight excluding hydrogens is 404 g/mol. The molecule has 1 atom stereocenters. The fourth-order valence-corrected chi connectivity index (χ4v) is 4.97. The van der Waals surface area contributed by atoms with Gasteiger partial charge in [-0.25, -0.2) is 4.98 Å². The van der Waals surface area contributed by atoms with Crippen LogP contribution in [0.1, 0.15) is 43.0 Å². The third-order valence-corrected chi connectivity index (χ3v) is 6.72. The highest BCUT2D eigenvalue weighted by Crippen LogP contribution is 2.35. The molecule has 2 saturated heterocycles. The molecule has 1 aromatic heterocycles. The molecule has 32 heavy (non-hydrogen) atoms. The Hall–Kier alpha value is -2.87. The van der Waals surface area contributed by atoms with Crippen molar-refractivity contribution in [2.24, 2.45) is 0 Å². The highest BCUT2D eigenvalue weighted by atomic mass is 16.5. The summed E-state index contributed by atoms with van der Waals surface area (Å²) in [6.07, 6.45) is 6.11. The molecule has 1 unspecified atom stereocenters. The molecule has 2 aromatic rings. The first-order valence-corrected chi connectivity index (χ1v) is 11.8. The van der Waals surface area contributed by atoms with Crippen LogP contribution in [-0.2, 0) is 0 Å². The number of fused-ring (bicyclic) bond motifs is 3. The lowest BCUT2D eigenvalue weighted by atomic mass is 10.1. The van der Waals surface area contributed by atoms with Gasteiger partial charge in [0.05, 0.1) is 0 Å². The van der Waals surface area contributed by atoms with Gasteiger partial charge in [-0.1, -0.05) is 6.07 Å². The molecule has 0 bridgehead atoms. The Morgan fingerprint density at radius 3 is 2.84 bits per heavy atom. The van der Waals surface area contributed by atoms with Crippen molar-refractivity contribution in [2.75, 3.05) is 54.9 Å². The summed E-state index contributed by atoms with van der Waals surface area (Å²) in [4.78, 5) is 29.2. The van der Waals surface area contributed by atoms with Crippen molar-refractivity contribution in [3.05, 3.63) is 36.0 Å². The van der Waals surface area contributed by atoms with Crippen molar-refractivity contribution >= 4 is 23.4 Å². The number of hydrogen-bond donors (Lipinski definition) is 1. The predicted molar refractivity (Wildman–Crippen MR) is 126 cm³/mol. The van der Waals surface area contributed by atoms with Gasteiger partial charge in [0, 0.05) is 56.7 Å². The van der Waals surface area contributed by atoms with Crippen LogP contribution in [-0.4, -0.2) is 72.7 Å². The number of ether oxygens (including phenoxy) is 1. The molecular formula is C24H32N6O2. The number of carbonyl (C=O) groups is 1. The SMILES string of the molecule is CCNc1ncc2c(n1)N1CCCC1CN(c1cccc(OC3CCN(C)CC3)c1)C2=O. The second kappa shape index (κ2) is 8.94. The average Bonchev–Trinajstić information content (AvgIpc) is 3.23. The minimum Gasteiger partial charge on any atom is -0.490 e. The van der Waals surface area contributed by atoms with Crippen LogP contribution in [0.3, 0.4) is 0 Å². The summed E-state index contributed by atoms with van der Waals surface area (Å²) in [7, 11) is 2.15. The third-order valence-electron chi connectivity index (χ3n) is 6.72. The van der Waals surface area contributed by atoms with E-state index in [2.05, 4.69) is 27.1 Å². The summed E-state index contributed by atoms with van der Waals surface area (Å²) in [5, 5.41) is 3.17. The van der Waals surface area contributed by atoms with Crippen molar-refractivity contribution < 1.29 is 9.53 Å². The van der Waals surface area contributed by atoms with Gasteiger partial charge in [0.15, 0.2) is 0 Å². The van der Waals surface area contributed by atoms with Crippen molar-refractivity contribution in [1.82, 2.24) is 14.9 Å². The van der Waals surface area contributed by atoms with Crippen LogP contribution in [0, 0.1) is 0 Å². The molecule has 0 spiro atoms. The van der Waals surface area contributed by atoms with Crippen LogP contribution >= 0.6 is 0 Å². The van der Waals surface area contributed by atoms with Gasteiger partial charge < -0.3 is 24.8 Å². The monoisotopic (exact) mass is 436 g/mol. The summed E-state index contributed by atoms with van der Waals surface area (Å²) in [5.74, 6) is 2.11. The van der Waals surface area contributed by atoms with Gasteiger partial charge in [-0.2, -0.15) is 4.98 Å². The highest BCUT2D eigenvalue weighted by Gasteiger charge is 2.37. The zero-order chi connectivity index (χ0) is 22.1. The van der Waals surface area contributed by atoms with Crippen molar-refractivity contribution in [3.63, 3.8) is 0 Å². The molecule has 3 aliphatic rings. The van der Waals surface area contributed by atoms with E-state index in [-0.39, 0.29) is 18.1 Å². The fourth-order valence-electron chi connectivity index (χ4n) is 4.97. The molecule has 1 N–H and O–H groups in total. The summed E-state index contributed by atoms with van der Waals surface area (Å²) in [6.45, 7) is 6.42. The lowest BCUT2D eigenvalue weighted by Crippen LogP contribution is -2.39. The Morgan fingerprint density at radius 1 is 1.19 bits per heavy atom. The van der Waals surface area contributed by atoms with Gasteiger partial charge in [0.2, 0.25) is 5.95 Å². The molecule has 170 valence electrons. The number of rotatable bonds is 5. The van der Waals surface area contributed by atoms with Crippen LogP contribution in [0.2, 0.25) is 0 Å². The molecule has 1 amide bonds. The lowest BCUT2D eigenvalue weighted by Gasteiger charge is -2.30. The molecule has 5 rings (SSSR count). The van der Waals surface area contributed by atoms with E-state index in [0.717, 1.165) is 69.1 Å². The number of carbonyl (C=O) groups excluding carboxylic acids is 1. The smallest absolute Gasteiger partial charge is 0.263 e. The number of hydrogen-bond acceptors (Lipinski definition) is 7. The maximum Gasteiger partial charge on any atom is 0.263 e. The van der Waals surface area contributed by atoms with E-state index in [9.17, 15) is 4.79 Å². The third kappa shape index (κ3) is 4.11. The average molecular weight is 437 g/mol. The second-order valence-electron chi connectivity index (χ2n) is 8.98. The van der Waals surface area contributed by atoms with E-state index >= 15 is 0 Å². The summed E-state index contributed by atoms with van der Waals surface area (Å²) in [6, 6.07) is 8.23. The Morgan fingerprint density at radius 2 is 2.03 bits per heavy atom. The first-order chi connectivity index (χ1) is 15.6. The maximum absolute atomic E-state index is 13.6. The molecule has 3 aliphatic heterocycles. The van der Waals surface area contributed by atoms with Crippen LogP contribution < -0.4 is 19.9 Å². The molecule has 0 radical (unpaired) electrons. The van der Waals surface area contributed by atoms with Crippen molar-refractivity contribution in [3.8, 4) is 5.75 Å². The Labute approximate surface area is 189 Å². The second-order valence-corrected chi connectivity index (χ2v) is 8.98. The Kier molecular flexibility index (Phi) is 5.87. The zero-order valence-electron chi connectivity index (χ0n) is 19.0. The molecule has 4 heterocycles. The quantitative estimate of drug-likeness (QED) is 0.772. The Balaban J connectivity index is 1.43. The summed E-state index contributed by atoms with van der Waals surface area (Å²) in [5.41, 5.74) is 1.44. The summed E-state index contributed by atoms with van der Waals surface area (Å²) >= 11 is 0. The van der Waals surface area contributed by atoms with E-state index in [1.807, 2.05) is 36.1 Å². The lowest BCUT2D eigenvalue weighted by molar-refractivity contribution is 0.0988. The van der Waals surface area contributed by atoms with E-state index in [1.165, 1.54) is 0 Å². The van der Waals surface area contributed by atoms with Crippen LogP contribution in [0.4, 0.5) is 17.5 Å². The van der Waals surface area contributed by atoms with Crippen molar-refractivity contribution in [2.45, 2.75) is 44.8 Å². The standard InChI is InChI=1S/C24H32N6O2/c1-3-25-24-26-15-21-22(27-24)29-11-5-7-18(29)16-30(23(21)31)17-6-4-8-20(14-17)32-19-9-12-28(2)13-10-19/h4,6,8,14-15,18-19H,3,5,7,9-13,16H2,1-2H3,(H,25,26,27). The van der Waals surface area contributed by atoms with Crippen LogP contribution in [0.25, 0.3) is 0 Å². The largest absolute Gasteiger partial charge is 0.490 e. The van der Waals surface area contributed by atoms with Gasteiger partial charge in [-0.15, -0.1) is 0 Å². The Bertz CT molecular complexity index is 975. The zero-order valence-corrected chi connectivity index (χ0v) is 19.0. The number of likely N-dealkylation sites (tertiary alicyclic amines) is 1. The highest BCUT2D eigenvalue weighted by molar-refractivity contribution is 6.10. The number of piperidine rings is 1. The first-order valence-electron chi connectivity index (χ1n) is 11.8. The van der Waals surface area contributed by atoms with Gasteiger partial charge in [-0.05, 0) is 51.8 Å². The van der Waals surface area contributed by atoms with Gasteiger partial charge in [0.25, 0.3) is 5.91 Å². The van der Waals surface area contributed by atoms with Gasteiger partial charge in [-0.3, -0.25) is 4.79 Å². The normalized spacial score (nSPS) is 21.8. The first kappa shape index (κ1) is 21.0. The minimum atomic E-state index is -0.0473. The van der Waals surface area contributed by atoms with Crippen LogP contribution in [0.5, 0.6) is 5.75 Å². The molecule has 8 nitrogen and oxygen atoms in total. The molecule has 8 heteroatoms. The topological polar surface area (TPSA) is 73.8 Å². The molecule has 0 aliphatic carbocycles. The molecule has 0 saturated carbocycles. The van der Waals surface area contributed by atoms with E-state index in [4.69, 9.17) is 9.72 Å². The van der Waals surface area contributed by atoms with Gasteiger partial charge in [0.1, 0.15) is 23.2 Å². The van der Waals surface area contributed by atoms with E-state index in [1.54, 1.807) is 6.20 Å². The molecule has 1 aromatic carbocycles. The molecule has 2 fully saturated rings. The number of benzene rings is 1. The number of aromatic nitrogens is 2. The fraction of sp³-hybridized carbons (Fsp3) is 0.542. The predicted octanol–water partition coefficient (Wildman–Crippen LogP) is 3.01.